The number of carboxylic acid groups (broad SMARTS) is 1. The van der Waals surface area contributed by atoms with Gasteiger partial charge in [-0.2, -0.15) is 0 Å². The van der Waals surface area contributed by atoms with Crippen molar-refractivity contribution in [2.75, 3.05) is 5.32 Å². The van der Waals surface area contributed by atoms with E-state index in [4.69, 9.17) is 0 Å². The summed E-state index contributed by atoms with van der Waals surface area (Å²) in [6.07, 6.45) is 1.79. The molecule has 0 aliphatic heterocycles. The molecular weight excluding hydrogens is 322 g/mol. The monoisotopic (exact) mass is 345 g/mol. The minimum Gasteiger partial charge on any atom is -0.478 e. The van der Waals surface area contributed by atoms with Gasteiger partial charge in [0, 0.05) is 5.69 Å². The van der Waals surface area contributed by atoms with Crippen molar-refractivity contribution < 1.29 is 9.90 Å². The fourth-order valence-corrected chi connectivity index (χ4v) is 3.00. The van der Waals surface area contributed by atoms with Crippen LogP contribution in [0.15, 0.2) is 66.7 Å². The van der Waals surface area contributed by atoms with Crippen LogP contribution in [-0.2, 0) is 12.8 Å². The van der Waals surface area contributed by atoms with E-state index in [2.05, 4.69) is 30.4 Å². The summed E-state index contributed by atoms with van der Waals surface area (Å²) in [5.41, 5.74) is 6.55. The highest BCUT2D eigenvalue weighted by Crippen LogP contribution is 2.27. The van der Waals surface area contributed by atoms with Gasteiger partial charge in [0.05, 0.1) is 11.3 Å². The zero-order valence-corrected chi connectivity index (χ0v) is 15.1. The van der Waals surface area contributed by atoms with Gasteiger partial charge in [0.25, 0.3) is 0 Å². The molecule has 0 aliphatic carbocycles. The lowest BCUT2D eigenvalue weighted by Gasteiger charge is -2.15. The number of anilines is 2. The molecule has 132 valence electrons. The molecule has 3 aromatic carbocycles. The molecule has 3 aromatic rings. The van der Waals surface area contributed by atoms with Gasteiger partial charge in [-0.3, -0.25) is 0 Å². The molecule has 0 aromatic heterocycles. The molecule has 0 atom stereocenters. The zero-order chi connectivity index (χ0) is 18.5. The van der Waals surface area contributed by atoms with Crippen LogP contribution < -0.4 is 5.32 Å². The van der Waals surface area contributed by atoms with E-state index in [0.29, 0.717) is 5.69 Å². The zero-order valence-electron chi connectivity index (χ0n) is 15.1. The quantitative estimate of drug-likeness (QED) is 0.617. The summed E-state index contributed by atoms with van der Waals surface area (Å²) >= 11 is 0. The molecule has 0 radical (unpaired) electrons. The Bertz CT molecular complexity index is 917. The van der Waals surface area contributed by atoms with E-state index >= 15 is 0 Å². The van der Waals surface area contributed by atoms with Crippen LogP contribution in [0.2, 0.25) is 0 Å². The van der Waals surface area contributed by atoms with Crippen LogP contribution in [-0.4, -0.2) is 11.1 Å². The number of nitrogens with one attached hydrogen (secondary N) is 1. The first kappa shape index (κ1) is 17.7. The Labute approximate surface area is 154 Å². The van der Waals surface area contributed by atoms with Crippen LogP contribution in [0, 0.1) is 13.8 Å². The van der Waals surface area contributed by atoms with Crippen molar-refractivity contribution in [3.63, 3.8) is 0 Å². The van der Waals surface area contributed by atoms with Gasteiger partial charge in [0.1, 0.15) is 0 Å². The van der Waals surface area contributed by atoms with Crippen LogP contribution in [0.3, 0.4) is 0 Å². The third-order valence-corrected chi connectivity index (χ3v) is 4.73. The van der Waals surface area contributed by atoms with Gasteiger partial charge >= 0.3 is 5.97 Å². The molecule has 3 nitrogen and oxygen atoms in total. The molecule has 0 unspecified atom stereocenters. The number of hydrogen-bond donors (Lipinski definition) is 2. The number of benzene rings is 3. The van der Waals surface area contributed by atoms with Crippen molar-refractivity contribution in [1.29, 1.82) is 0 Å². The Morgan fingerprint density at radius 3 is 2.31 bits per heavy atom. The second-order valence-corrected chi connectivity index (χ2v) is 6.54. The van der Waals surface area contributed by atoms with E-state index in [1.165, 1.54) is 11.1 Å². The van der Waals surface area contributed by atoms with Gasteiger partial charge in [-0.25, -0.2) is 4.79 Å². The molecule has 0 amide bonds. The fourth-order valence-electron chi connectivity index (χ4n) is 3.00. The average Bonchev–Trinajstić information content (AvgIpc) is 2.64. The summed E-state index contributed by atoms with van der Waals surface area (Å²) in [5.74, 6) is -0.924. The van der Waals surface area contributed by atoms with Crippen molar-refractivity contribution in [2.45, 2.75) is 26.7 Å². The number of carboxylic acids is 1. The molecule has 2 N–H and O–H groups in total. The van der Waals surface area contributed by atoms with E-state index in [0.717, 1.165) is 29.7 Å². The normalized spacial score (nSPS) is 10.5. The van der Waals surface area contributed by atoms with Crippen LogP contribution in [0.4, 0.5) is 11.4 Å². The molecule has 3 heteroatoms. The number of aryl methyl sites for hydroxylation is 3. The SMILES string of the molecule is Cc1cccc(Nc2cc(CCc3ccccc3)ccc2C(=O)O)c1C. The summed E-state index contributed by atoms with van der Waals surface area (Å²) < 4.78 is 0. The molecule has 26 heavy (non-hydrogen) atoms. The topological polar surface area (TPSA) is 49.3 Å². The Balaban J connectivity index is 1.87. The molecule has 0 aliphatic rings. The predicted molar refractivity (Wildman–Crippen MR) is 106 cm³/mol. The highest BCUT2D eigenvalue weighted by molar-refractivity contribution is 5.95. The molecule has 0 heterocycles. The lowest BCUT2D eigenvalue weighted by Crippen LogP contribution is -2.05. The fraction of sp³-hybridized carbons (Fsp3) is 0.174. The van der Waals surface area contributed by atoms with Crippen LogP contribution >= 0.6 is 0 Å². The van der Waals surface area contributed by atoms with Gasteiger partial charge in [0.15, 0.2) is 0 Å². The van der Waals surface area contributed by atoms with Crippen molar-refractivity contribution in [1.82, 2.24) is 0 Å². The standard InChI is InChI=1S/C23H23NO2/c1-16-7-6-10-21(17(16)2)24-22-15-19(13-14-20(22)23(25)26)12-11-18-8-4-3-5-9-18/h3-10,13-15,24H,11-12H2,1-2H3,(H,25,26). The number of hydrogen-bond acceptors (Lipinski definition) is 2. The van der Waals surface area contributed by atoms with Crippen molar-refractivity contribution in [3.05, 3.63) is 94.5 Å². The van der Waals surface area contributed by atoms with E-state index in [1.807, 2.05) is 49.4 Å². The van der Waals surface area contributed by atoms with Crippen molar-refractivity contribution >= 4 is 17.3 Å². The maximum absolute atomic E-state index is 11.6. The van der Waals surface area contributed by atoms with Crippen LogP contribution in [0.5, 0.6) is 0 Å². The summed E-state index contributed by atoms with van der Waals surface area (Å²) in [7, 11) is 0. The first-order chi connectivity index (χ1) is 12.5. The van der Waals surface area contributed by atoms with Gasteiger partial charge in [-0.1, -0.05) is 48.5 Å². The van der Waals surface area contributed by atoms with E-state index < -0.39 is 5.97 Å². The van der Waals surface area contributed by atoms with Gasteiger partial charge < -0.3 is 10.4 Å². The van der Waals surface area contributed by atoms with Crippen LogP contribution in [0.1, 0.15) is 32.6 Å². The number of aromatic carboxylic acids is 1. The number of rotatable bonds is 6. The van der Waals surface area contributed by atoms with Gasteiger partial charge in [-0.05, 0) is 67.1 Å². The first-order valence-corrected chi connectivity index (χ1v) is 8.78. The summed E-state index contributed by atoms with van der Waals surface area (Å²) in [6.45, 7) is 4.09. The number of carbonyl (C=O) groups is 1. The van der Waals surface area contributed by atoms with Crippen LogP contribution in [0.25, 0.3) is 0 Å². The summed E-state index contributed by atoms with van der Waals surface area (Å²) in [4.78, 5) is 11.6. The molecule has 0 fully saturated rings. The minimum atomic E-state index is -0.924. The third-order valence-electron chi connectivity index (χ3n) is 4.73. The Morgan fingerprint density at radius 2 is 1.58 bits per heavy atom. The Morgan fingerprint density at radius 1 is 0.846 bits per heavy atom. The van der Waals surface area contributed by atoms with Crippen molar-refractivity contribution in [2.24, 2.45) is 0 Å². The van der Waals surface area contributed by atoms with E-state index in [-0.39, 0.29) is 5.56 Å². The highest BCUT2D eigenvalue weighted by atomic mass is 16.4. The average molecular weight is 345 g/mol. The Hall–Kier alpha value is -3.07. The highest BCUT2D eigenvalue weighted by Gasteiger charge is 2.12. The van der Waals surface area contributed by atoms with Gasteiger partial charge in [-0.15, -0.1) is 0 Å². The lowest BCUT2D eigenvalue weighted by molar-refractivity contribution is 0.0698. The second-order valence-electron chi connectivity index (χ2n) is 6.54. The smallest absolute Gasteiger partial charge is 0.337 e. The summed E-state index contributed by atoms with van der Waals surface area (Å²) in [5, 5.41) is 12.8. The molecule has 0 bridgehead atoms. The second kappa shape index (κ2) is 7.87. The van der Waals surface area contributed by atoms with Crippen molar-refractivity contribution in [3.8, 4) is 0 Å². The molecule has 3 rings (SSSR count). The third kappa shape index (κ3) is 4.12. The largest absolute Gasteiger partial charge is 0.478 e. The predicted octanol–water partition coefficient (Wildman–Crippen LogP) is 5.53. The molecule has 0 spiro atoms. The minimum absolute atomic E-state index is 0.286. The van der Waals surface area contributed by atoms with E-state index in [9.17, 15) is 9.90 Å². The molecule has 0 saturated carbocycles. The summed E-state index contributed by atoms with van der Waals surface area (Å²) in [6, 6.07) is 21.9. The lowest BCUT2D eigenvalue weighted by atomic mass is 10.0. The molecule has 0 saturated heterocycles. The Kier molecular flexibility index (Phi) is 5.37. The van der Waals surface area contributed by atoms with E-state index in [1.54, 1.807) is 6.07 Å². The first-order valence-electron chi connectivity index (χ1n) is 8.78. The molecular formula is C23H23NO2. The maximum Gasteiger partial charge on any atom is 0.337 e. The maximum atomic E-state index is 11.6. The van der Waals surface area contributed by atoms with Gasteiger partial charge in [0.2, 0.25) is 0 Å².